The number of amides is 1. The summed E-state index contributed by atoms with van der Waals surface area (Å²) in [4.78, 5) is 27.3. The van der Waals surface area contributed by atoms with Crippen molar-refractivity contribution < 1.29 is 4.79 Å². The van der Waals surface area contributed by atoms with Gasteiger partial charge in [-0.2, -0.15) is 0 Å². The van der Waals surface area contributed by atoms with E-state index >= 15 is 0 Å². The summed E-state index contributed by atoms with van der Waals surface area (Å²) in [5, 5.41) is 6.76. The van der Waals surface area contributed by atoms with E-state index in [1.165, 1.54) is 17.7 Å². The second-order valence-corrected chi connectivity index (χ2v) is 9.17. The average molecular weight is 392 g/mol. The Morgan fingerprint density at radius 3 is 2.96 bits per heavy atom. The van der Waals surface area contributed by atoms with Gasteiger partial charge in [-0.05, 0) is 44.2 Å². The second kappa shape index (κ2) is 7.70. The van der Waals surface area contributed by atoms with Gasteiger partial charge in [-0.3, -0.25) is 14.7 Å². The summed E-state index contributed by atoms with van der Waals surface area (Å²) >= 11 is 3.22. The predicted molar refractivity (Wildman–Crippen MR) is 108 cm³/mol. The molecule has 0 saturated carbocycles. The van der Waals surface area contributed by atoms with Crippen molar-refractivity contribution in [3.63, 3.8) is 0 Å². The van der Waals surface area contributed by atoms with Crippen LogP contribution in [0, 0.1) is 12.8 Å². The number of likely N-dealkylation sites (tertiary alicyclic amines) is 1. The molecule has 1 aromatic heterocycles. The maximum atomic E-state index is 12.4. The fourth-order valence-corrected chi connectivity index (χ4v) is 5.47. The number of thiazole rings is 1. The molecule has 0 atom stereocenters. The molecule has 4 heterocycles. The summed E-state index contributed by atoms with van der Waals surface area (Å²) in [6, 6.07) is 0. The van der Waals surface area contributed by atoms with E-state index in [9.17, 15) is 4.79 Å². The number of aliphatic imine (C=N–C) groups is 1. The number of rotatable bonds is 5. The Morgan fingerprint density at radius 2 is 2.15 bits per heavy atom. The molecule has 0 radical (unpaired) electrons. The number of anilines is 1. The number of piperidine rings is 1. The molecule has 8 heteroatoms. The van der Waals surface area contributed by atoms with Gasteiger partial charge in [0, 0.05) is 23.7 Å². The van der Waals surface area contributed by atoms with Gasteiger partial charge >= 0.3 is 0 Å². The molecule has 1 fully saturated rings. The minimum atomic E-state index is -0.00269. The Balaban J connectivity index is 1.32. The number of fused-ring (bicyclic) bond motifs is 1. The Hall–Kier alpha value is -1.38. The molecule has 140 valence electrons. The lowest BCUT2D eigenvalue weighted by molar-refractivity contribution is -0.115. The molecule has 0 bridgehead atoms. The number of carbonyl (C=O) groups excluding carboxylic acids is 1. The van der Waals surface area contributed by atoms with Crippen molar-refractivity contribution in [1.82, 2.24) is 14.8 Å². The van der Waals surface area contributed by atoms with Crippen LogP contribution in [0.5, 0.6) is 0 Å². The first kappa shape index (κ1) is 18.0. The zero-order valence-corrected chi connectivity index (χ0v) is 17.0. The van der Waals surface area contributed by atoms with E-state index < -0.39 is 0 Å². The highest BCUT2D eigenvalue weighted by Gasteiger charge is 2.27. The van der Waals surface area contributed by atoms with Crippen molar-refractivity contribution in [1.29, 1.82) is 0 Å². The van der Waals surface area contributed by atoms with Crippen LogP contribution in [0.1, 0.15) is 36.8 Å². The maximum Gasteiger partial charge on any atom is 0.232 e. The molecule has 4 rings (SSSR count). The molecule has 1 N–H and O–H groups in total. The number of hydrogen-bond acceptors (Lipinski definition) is 7. The number of aromatic nitrogens is 1. The van der Waals surface area contributed by atoms with Gasteiger partial charge in [-0.1, -0.05) is 18.7 Å². The molecule has 0 spiro atoms. The van der Waals surface area contributed by atoms with E-state index in [2.05, 4.69) is 32.0 Å². The zero-order chi connectivity index (χ0) is 18.1. The maximum absolute atomic E-state index is 12.4. The minimum absolute atomic E-state index is 0.00269. The van der Waals surface area contributed by atoms with Crippen LogP contribution in [0.15, 0.2) is 16.1 Å². The fraction of sp³-hybridized carbons (Fsp3) is 0.611. The summed E-state index contributed by atoms with van der Waals surface area (Å²) in [6.07, 6.45) is 2.93. The third-order valence-corrected chi connectivity index (χ3v) is 7.18. The van der Waals surface area contributed by atoms with Crippen LogP contribution < -0.4 is 5.32 Å². The molecule has 0 aromatic carbocycles. The van der Waals surface area contributed by atoms with E-state index in [0.717, 1.165) is 60.3 Å². The van der Waals surface area contributed by atoms with Crippen LogP contribution in [0.4, 0.5) is 5.13 Å². The number of thioether (sulfide) groups is 1. The van der Waals surface area contributed by atoms with Crippen LogP contribution >= 0.6 is 23.1 Å². The van der Waals surface area contributed by atoms with Crippen molar-refractivity contribution in [2.24, 2.45) is 10.9 Å². The number of nitrogens with zero attached hydrogens (tertiary/aromatic N) is 4. The Kier molecular flexibility index (Phi) is 5.33. The van der Waals surface area contributed by atoms with Crippen molar-refractivity contribution in [3.8, 4) is 0 Å². The van der Waals surface area contributed by atoms with Crippen LogP contribution in [-0.2, 0) is 11.3 Å². The Morgan fingerprint density at radius 1 is 1.35 bits per heavy atom. The summed E-state index contributed by atoms with van der Waals surface area (Å²) in [7, 11) is 0. The van der Waals surface area contributed by atoms with Crippen molar-refractivity contribution >= 4 is 39.3 Å². The van der Waals surface area contributed by atoms with Gasteiger partial charge in [-0.25, -0.2) is 4.98 Å². The molecule has 1 amide bonds. The predicted octanol–water partition coefficient (Wildman–Crippen LogP) is 3.27. The smallest absolute Gasteiger partial charge is 0.232 e. The summed E-state index contributed by atoms with van der Waals surface area (Å²) in [6.45, 7) is 9.34. The van der Waals surface area contributed by atoms with E-state index in [-0.39, 0.29) is 5.91 Å². The highest BCUT2D eigenvalue weighted by atomic mass is 32.2. The number of nitrogens with one attached hydrogen (secondary N) is 1. The molecule has 0 unspecified atom stereocenters. The van der Waals surface area contributed by atoms with Gasteiger partial charge in [0.2, 0.25) is 5.91 Å². The molecular formula is C18H25N5OS2. The summed E-state index contributed by atoms with van der Waals surface area (Å²) in [5.74, 6) is 0.838. The summed E-state index contributed by atoms with van der Waals surface area (Å²) in [5.41, 5.74) is 2.08. The first-order chi connectivity index (χ1) is 12.6. The number of aryl methyl sites for hydroxylation is 1. The largest absolute Gasteiger partial charge is 0.322 e. The van der Waals surface area contributed by atoms with E-state index in [1.807, 2.05) is 12.3 Å². The van der Waals surface area contributed by atoms with Gasteiger partial charge in [0.1, 0.15) is 0 Å². The number of amidine groups is 1. The lowest BCUT2D eigenvalue weighted by Gasteiger charge is -2.29. The molecule has 26 heavy (non-hydrogen) atoms. The van der Waals surface area contributed by atoms with E-state index in [1.54, 1.807) is 23.1 Å². The summed E-state index contributed by atoms with van der Waals surface area (Å²) < 4.78 is 0. The van der Waals surface area contributed by atoms with Crippen LogP contribution in [0.2, 0.25) is 0 Å². The molecule has 3 aliphatic rings. The minimum Gasteiger partial charge on any atom is -0.322 e. The number of hydrogen-bond donors (Lipinski definition) is 1. The lowest BCUT2D eigenvalue weighted by Crippen LogP contribution is -2.32. The lowest BCUT2D eigenvalue weighted by atomic mass is 9.99. The van der Waals surface area contributed by atoms with Crippen molar-refractivity contribution in [3.05, 3.63) is 21.7 Å². The average Bonchev–Trinajstić information content (AvgIpc) is 3.29. The zero-order valence-electron chi connectivity index (χ0n) is 15.3. The fourth-order valence-electron chi connectivity index (χ4n) is 3.49. The molecule has 6 nitrogen and oxygen atoms in total. The van der Waals surface area contributed by atoms with Gasteiger partial charge < -0.3 is 10.2 Å². The second-order valence-electron chi connectivity index (χ2n) is 7.25. The van der Waals surface area contributed by atoms with Gasteiger partial charge in [0.05, 0.1) is 18.7 Å². The molecule has 0 aliphatic carbocycles. The van der Waals surface area contributed by atoms with E-state index in [4.69, 9.17) is 0 Å². The topological polar surface area (TPSA) is 60.8 Å². The highest BCUT2D eigenvalue weighted by molar-refractivity contribution is 8.16. The first-order valence-electron chi connectivity index (χ1n) is 9.24. The van der Waals surface area contributed by atoms with Gasteiger partial charge in [0.25, 0.3) is 0 Å². The molecular weight excluding hydrogens is 366 g/mol. The highest BCUT2D eigenvalue weighted by Crippen LogP contribution is 2.31. The molecule has 3 aliphatic heterocycles. The normalized spacial score (nSPS) is 20.9. The van der Waals surface area contributed by atoms with E-state index in [0.29, 0.717) is 6.42 Å². The Labute approximate surface area is 162 Å². The monoisotopic (exact) mass is 391 g/mol. The standard InChI is InChI=1S/C18H25N5OS2/c1-12-3-6-22(7-4-12)10-15-13(2)20-17(26-15)21-16(24)9-14-11-25-18-19-5-8-23(14)18/h11-12H,3-10H2,1-2H3,(H,20,21,24). The first-order valence-corrected chi connectivity index (χ1v) is 10.9. The number of carbonyl (C=O) groups is 1. The quantitative estimate of drug-likeness (QED) is 0.835. The third kappa shape index (κ3) is 3.97. The van der Waals surface area contributed by atoms with Crippen LogP contribution in [-0.4, -0.2) is 52.0 Å². The van der Waals surface area contributed by atoms with Crippen LogP contribution in [0.3, 0.4) is 0 Å². The van der Waals surface area contributed by atoms with Crippen molar-refractivity contribution in [2.75, 3.05) is 31.5 Å². The van der Waals surface area contributed by atoms with Gasteiger partial charge in [0.15, 0.2) is 10.3 Å². The Bertz CT molecular complexity index is 749. The van der Waals surface area contributed by atoms with Gasteiger partial charge in [-0.15, -0.1) is 11.3 Å². The third-order valence-electron chi connectivity index (χ3n) is 5.17. The molecule has 1 saturated heterocycles. The SMILES string of the molecule is Cc1nc(NC(=O)CC2=CSC3=NCCN23)sc1CN1CCC(C)CC1. The molecule has 1 aromatic rings. The van der Waals surface area contributed by atoms with Crippen molar-refractivity contribution in [2.45, 2.75) is 39.7 Å². The van der Waals surface area contributed by atoms with Crippen LogP contribution in [0.25, 0.3) is 0 Å².